The lowest BCUT2D eigenvalue weighted by molar-refractivity contribution is -0.155. The van der Waals surface area contributed by atoms with Gasteiger partial charge in [-0.25, -0.2) is 0 Å². The average molecular weight is 369 g/mol. The van der Waals surface area contributed by atoms with E-state index >= 15 is 0 Å². The maximum absolute atomic E-state index is 12.6. The lowest BCUT2D eigenvalue weighted by Gasteiger charge is -2.34. The zero-order chi connectivity index (χ0) is 19.4. The van der Waals surface area contributed by atoms with Crippen LogP contribution in [0.25, 0.3) is 17.0 Å². The summed E-state index contributed by atoms with van der Waals surface area (Å²) in [5, 5.41) is 20.6. The fourth-order valence-corrected chi connectivity index (χ4v) is 3.57. The van der Waals surface area contributed by atoms with Gasteiger partial charge in [-0.1, -0.05) is 30.4 Å². The van der Waals surface area contributed by atoms with Crippen molar-refractivity contribution in [2.45, 2.75) is 51.7 Å². The van der Waals surface area contributed by atoms with Crippen LogP contribution in [0.2, 0.25) is 0 Å². The van der Waals surface area contributed by atoms with Gasteiger partial charge in [0.15, 0.2) is 0 Å². The first-order valence-corrected chi connectivity index (χ1v) is 9.57. The molecule has 0 aliphatic heterocycles. The summed E-state index contributed by atoms with van der Waals surface area (Å²) >= 11 is 0. The topological polar surface area (TPSA) is 79.7 Å². The number of aliphatic hydroxyl groups is 2. The second kappa shape index (κ2) is 8.19. The Morgan fingerprint density at radius 2 is 2.04 bits per heavy atom. The molecule has 0 saturated heterocycles. The summed E-state index contributed by atoms with van der Waals surface area (Å²) in [6.45, 7) is 3.85. The molecule has 2 aromatic rings. The van der Waals surface area contributed by atoms with Gasteiger partial charge in [-0.3, -0.25) is 9.78 Å². The molecule has 1 aromatic carbocycles. The number of fused-ring (bicyclic) bond motifs is 1. The SMILES string of the molecule is CCOC(=O)[C@]1(/C=C/c2ccc3ccc([C@@H](C)O)nc3c2)CC[C@H](O)CC1. The number of aliphatic hydroxyl groups excluding tert-OH is 2. The number of hydrogen-bond donors (Lipinski definition) is 2. The number of esters is 1. The molecule has 5 nitrogen and oxygen atoms in total. The standard InChI is InChI=1S/C22H27NO4/c1-3-27-21(26)22(12-9-18(25)10-13-22)11-8-16-4-5-17-6-7-19(15(2)24)23-20(17)14-16/h4-8,11,14-15,18,24-25H,3,9-10,12-13H2,1-2H3/b11-8+/t15-,18-,22+/m1/s1. The molecule has 1 fully saturated rings. The third-order valence-corrected chi connectivity index (χ3v) is 5.29. The predicted octanol–water partition coefficient (Wildman–Crippen LogP) is 3.79. The molecule has 0 unspecified atom stereocenters. The predicted molar refractivity (Wildman–Crippen MR) is 105 cm³/mol. The largest absolute Gasteiger partial charge is 0.465 e. The number of benzene rings is 1. The van der Waals surface area contributed by atoms with Gasteiger partial charge >= 0.3 is 5.97 Å². The molecule has 1 heterocycles. The molecule has 3 rings (SSSR count). The van der Waals surface area contributed by atoms with Crippen molar-refractivity contribution in [3.63, 3.8) is 0 Å². The van der Waals surface area contributed by atoms with E-state index in [0.717, 1.165) is 16.5 Å². The molecule has 2 N–H and O–H groups in total. The van der Waals surface area contributed by atoms with Crippen molar-refractivity contribution < 1.29 is 19.7 Å². The van der Waals surface area contributed by atoms with Crippen molar-refractivity contribution in [3.8, 4) is 0 Å². The second-order valence-corrected chi connectivity index (χ2v) is 7.31. The van der Waals surface area contributed by atoms with E-state index in [2.05, 4.69) is 4.98 Å². The van der Waals surface area contributed by atoms with Crippen LogP contribution in [0, 0.1) is 5.41 Å². The molecule has 0 bridgehead atoms. The Labute approximate surface area is 159 Å². The Bertz CT molecular complexity index is 835. The number of carbonyl (C=O) groups excluding carboxylic acids is 1. The van der Waals surface area contributed by atoms with Crippen LogP contribution in [0.15, 0.2) is 36.4 Å². The highest BCUT2D eigenvalue weighted by Crippen LogP contribution is 2.39. The molecule has 144 valence electrons. The van der Waals surface area contributed by atoms with Crippen LogP contribution in [0.1, 0.15) is 56.9 Å². The van der Waals surface area contributed by atoms with Crippen LogP contribution in [-0.2, 0) is 9.53 Å². The summed E-state index contributed by atoms with van der Waals surface area (Å²) in [6.07, 6.45) is 5.27. The Morgan fingerprint density at radius 3 is 2.70 bits per heavy atom. The molecular formula is C22H27NO4. The number of carbonyl (C=O) groups is 1. The van der Waals surface area contributed by atoms with Gasteiger partial charge in [0.25, 0.3) is 0 Å². The van der Waals surface area contributed by atoms with Crippen LogP contribution in [0.5, 0.6) is 0 Å². The number of nitrogens with zero attached hydrogens (tertiary/aromatic N) is 1. The molecule has 27 heavy (non-hydrogen) atoms. The van der Waals surface area contributed by atoms with Gasteiger partial charge in [0.1, 0.15) is 0 Å². The third kappa shape index (κ3) is 4.37. The van der Waals surface area contributed by atoms with E-state index in [4.69, 9.17) is 4.74 Å². The number of rotatable bonds is 5. The van der Waals surface area contributed by atoms with Gasteiger partial charge in [-0.15, -0.1) is 0 Å². The molecule has 0 radical (unpaired) electrons. The minimum absolute atomic E-state index is 0.219. The molecule has 1 aliphatic carbocycles. The van der Waals surface area contributed by atoms with Crippen molar-refractivity contribution in [3.05, 3.63) is 47.7 Å². The van der Waals surface area contributed by atoms with E-state index < -0.39 is 11.5 Å². The van der Waals surface area contributed by atoms with Gasteiger partial charge in [0, 0.05) is 5.39 Å². The first kappa shape index (κ1) is 19.5. The van der Waals surface area contributed by atoms with Crippen LogP contribution in [0.4, 0.5) is 0 Å². The zero-order valence-corrected chi connectivity index (χ0v) is 15.9. The molecule has 0 spiro atoms. The maximum atomic E-state index is 12.6. The number of hydrogen-bond acceptors (Lipinski definition) is 5. The van der Waals surface area contributed by atoms with Crippen LogP contribution >= 0.6 is 0 Å². The van der Waals surface area contributed by atoms with Crippen molar-refractivity contribution in [2.24, 2.45) is 5.41 Å². The van der Waals surface area contributed by atoms with Crippen molar-refractivity contribution in [1.29, 1.82) is 0 Å². The average Bonchev–Trinajstić information content (AvgIpc) is 2.67. The normalized spacial score (nSPS) is 24.2. The Morgan fingerprint density at radius 1 is 1.33 bits per heavy atom. The molecule has 1 aliphatic rings. The van der Waals surface area contributed by atoms with Gasteiger partial charge in [0.2, 0.25) is 0 Å². The summed E-state index contributed by atoms with van der Waals surface area (Å²) in [4.78, 5) is 17.1. The zero-order valence-electron chi connectivity index (χ0n) is 15.9. The minimum Gasteiger partial charge on any atom is -0.465 e. The minimum atomic E-state index is -0.681. The lowest BCUT2D eigenvalue weighted by Crippen LogP contribution is -2.36. The maximum Gasteiger partial charge on any atom is 0.315 e. The van der Waals surface area contributed by atoms with Crippen molar-refractivity contribution in [2.75, 3.05) is 6.61 Å². The van der Waals surface area contributed by atoms with Crippen molar-refractivity contribution in [1.82, 2.24) is 4.98 Å². The molecule has 1 saturated carbocycles. The summed E-state index contributed by atoms with van der Waals surface area (Å²) in [5.74, 6) is -0.219. The van der Waals surface area contributed by atoms with Gasteiger partial charge in [-0.2, -0.15) is 0 Å². The third-order valence-electron chi connectivity index (χ3n) is 5.29. The Balaban J connectivity index is 1.90. The highest BCUT2D eigenvalue weighted by molar-refractivity contribution is 5.83. The summed E-state index contributed by atoms with van der Waals surface area (Å²) < 4.78 is 5.31. The highest BCUT2D eigenvalue weighted by atomic mass is 16.5. The summed E-state index contributed by atoms with van der Waals surface area (Å²) in [7, 11) is 0. The smallest absolute Gasteiger partial charge is 0.315 e. The van der Waals surface area contributed by atoms with E-state index in [1.165, 1.54) is 0 Å². The van der Waals surface area contributed by atoms with Crippen LogP contribution < -0.4 is 0 Å². The van der Waals surface area contributed by atoms with Gasteiger partial charge in [0.05, 0.1) is 35.4 Å². The fourth-order valence-electron chi connectivity index (χ4n) is 3.57. The van der Waals surface area contributed by atoms with E-state index in [1.807, 2.05) is 49.4 Å². The first-order valence-electron chi connectivity index (χ1n) is 9.57. The molecule has 5 heteroatoms. The van der Waals surface area contributed by atoms with Crippen LogP contribution in [-0.4, -0.2) is 33.9 Å². The summed E-state index contributed by atoms with van der Waals surface area (Å²) in [6, 6.07) is 9.69. The number of pyridine rings is 1. The molecule has 1 aromatic heterocycles. The fraction of sp³-hybridized carbons (Fsp3) is 0.455. The Hall–Kier alpha value is -2.24. The highest BCUT2D eigenvalue weighted by Gasteiger charge is 2.40. The van der Waals surface area contributed by atoms with Crippen LogP contribution in [0.3, 0.4) is 0 Å². The van der Waals surface area contributed by atoms with Gasteiger partial charge < -0.3 is 14.9 Å². The van der Waals surface area contributed by atoms with E-state index in [9.17, 15) is 15.0 Å². The van der Waals surface area contributed by atoms with E-state index in [1.54, 1.807) is 6.92 Å². The lowest BCUT2D eigenvalue weighted by atomic mass is 9.72. The molecule has 1 atom stereocenters. The first-order chi connectivity index (χ1) is 12.9. The van der Waals surface area contributed by atoms with E-state index in [0.29, 0.717) is 38.0 Å². The second-order valence-electron chi connectivity index (χ2n) is 7.31. The van der Waals surface area contributed by atoms with Gasteiger partial charge in [-0.05, 0) is 57.2 Å². The number of aromatic nitrogens is 1. The summed E-state index contributed by atoms with van der Waals surface area (Å²) in [5.41, 5.74) is 1.69. The van der Waals surface area contributed by atoms with E-state index in [-0.39, 0.29) is 12.1 Å². The monoisotopic (exact) mass is 369 g/mol. The molecule has 0 amide bonds. The van der Waals surface area contributed by atoms with Crippen molar-refractivity contribution >= 4 is 22.9 Å². The Kier molecular flexibility index (Phi) is 5.92. The quantitative estimate of drug-likeness (QED) is 0.784. The number of ether oxygens (including phenoxy) is 1. The molecular weight excluding hydrogens is 342 g/mol.